The molecule has 0 amide bonds. The van der Waals surface area contributed by atoms with Gasteiger partial charge in [0.25, 0.3) is 0 Å². The minimum Gasteiger partial charge on any atom is -0.458 e. The van der Waals surface area contributed by atoms with Crippen molar-refractivity contribution in [3.8, 4) is 6.01 Å². The second-order valence-corrected chi connectivity index (χ2v) is 3.52. The van der Waals surface area contributed by atoms with Gasteiger partial charge in [-0.15, -0.1) is 0 Å². The largest absolute Gasteiger partial charge is 0.458 e. The van der Waals surface area contributed by atoms with Gasteiger partial charge in [-0.25, -0.2) is 22.5 Å². The molecule has 1 heterocycles. The van der Waals surface area contributed by atoms with Crippen LogP contribution < -0.4 is 10.5 Å². The quantitative estimate of drug-likeness (QED) is 0.871. The van der Waals surface area contributed by atoms with Crippen molar-refractivity contribution in [2.24, 2.45) is 0 Å². The molecule has 2 rings (SSSR count). The number of rotatable bonds is 3. The standard InChI is InChI=1S/C11H7F4N3O/c12-5-1-7(13)6(8(14)2-5)4-19-11-17-3-9(15)10(16)18-11/h1-3H,4H2,(H2,16,17,18). The molecule has 0 fully saturated rings. The zero-order valence-electron chi connectivity index (χ0n) is 9.33. The highest BCUT2D eigenvalue weighted by molar-refractivity contribution is 5.29. The first-order valence-electron chi connectivity index (χ1n) is 5.01. The fourth-order valence-corrected chi connectivity index (χ4v) is 1.28. The lowest BCUT2D eigenvalue weighted by atomic mass is 10.2. The number of nitrogens with two attached hydrogens (primary N) is 1. The third-order valence-electron chi connectivity index (χ3n) is 2.20. The van der Waals surface area contributed by atoms with Gasteiger partial charge in [-0.05, 0) is 0 Å². The molecule has 0 saturated carbocycles. The van der Waals surface area contributed by atoms with Crippen molar-refractivity contribution in [1.29, 1.82) is 0 Å². The van der Waals surface area contributed by atoms with Gasteiger partial charge in [0.1, 0.15) is 24.1 Å². The molecular formula is C11H7F4N3O. The maximum atomic E-state index is 13.3. The van der Waals surface area contributed by atoms with E-state index in [0.717, 1.165) is 6.20 Å². The summed E-state index contributed by atoms with van der Waals surface area (Å²) in [6.07, 6.45) is 0.759. The molecule has 19 heavy (non-hydrogen) atoms. The second-order valence-electron chi connectivity index (χ2n) is 3.52. The van der Waals surface area contributed by atoms with E-state index in [9.17, 15) is 17.6 Å². The Morgan fingerprint density at radius 3 is 2.26 bits per heavy atom. The van der Waals surface area contributed by atoms with Crippen molar-refractivity contribution in [3.63, 3.8) is 0 Å². The summed E-state index contributed by atoms with van der Waals surface area (Å²) in [7, 11) is 0. The molecule has 0 aliphatic heterocycles. The number of benzene rings is 1. The number of halogens is 4. The van der Waals surface area contributed by atoms with Crippen molar-refractivity contribution in [3.05, 3.63) is 47.2 Å². The molecule has 2 N–H and O–H groups in total. The van der Waals surface area contributed by atoms with Gasteiger partial charge in [0.2, 0.25) is 0 Å². The van der Waals surface area contributed by atoms with Crippen LogP contribution in [0.1, 0.15) is 5.56 Å². The van der Waals surface area contributed by atoms with Gasteiger partial charge in [-0.3, -0.25) is 0 Å². The topological polar surface area (TPSA) is 61.0 Å². The Bertz CT molecular complexity index is 598. The normalized spacial score (nSPS) is 10.5. The Balaban J connectivity index is 2.16. The number of hydrogen-bond acceptors (Lipinski definition) is 4. The summed E-state index contributed by atoms with van der Waals surface area (Å²) in [5, 5.41) is 0. The number of hydrogen-bond donors (Lipinski definition) is 1. The Kier molecular flexibility index (Phi) is 3.50. The van der Waals surface area contributed by atoms with E-state index in [1.807, 2.05) is 0 Å². The summed E-state index contributed by atoms with van der Waals surface area (Å²) >= 11 is 0. The molecule has 1 aromatic carbocycles. The van der Waals surface area contributed by atoms with Crippen LogP contribution in [0, 0.1) is 23.3 Å². The lowest BCUT2D eigenvalue weighted by Crippen LogP contribution is -2.06. The molecule has 0 bridgehead atoms. The zero-order chi connectivity index (χ0) is 14.0. The number of anilines is 1. The first-order valence-corrected chi connectivity index (χ1v) is 5.01. The summed E-state index contributed by atoms with van der Waals surface area (Å²) in [6, 6.07) is 0.686. The first-order chi connectivity index (χ1) is 8.97. The minimum absolute atomic E-state index is 0.345. The summed E-state index contributed by atoms with van der Waals surface area (Å²) in [5.41, 5.74) is 4.67. The maximum Gasteiger partial charge on any atom is 0.318 e. The molecule has 0 atom stereocenters. The van der Waals surface area contributed by atoms with Crippen molar-refractivity contribution in [2.75, 3.05) is 5.73 Å². The van der Waals surface area contributed by atoms with E-state index in [2.05, 4.69) is 9.97 Å². The molecule has 4 nitrogen and oxygen atoms in total. The highest BCUT2D eigenvalue weighted by Crippen LogP contribution is 2.17. The van der Waals surface area contributed by atoms with Crippen molar-refractivity contribution in [2.45, 2.75) is 6.61 Å². The summed E-state index contributed by atoms with van der Waals surface area (Å²) in [6.45, 7) is -0.580. The average Bonchev–Trinajstić information content (AvgIpc) is 2.32. The summed E-state index contributed by atoms with van der Waals surface area (Å²) in [5.74, 6) is -4.54. The van der Waals surface area contributed by atoms with Gasteiger partial charge < -0.3 is 10.5 Å². The molecule has 0 saturated heterocycles. The summed E-state index contributed by atoms with van der Waals surface area (Å²) in [4.78, 5) is 6.84. The van der Waals surface area contributed by atoms with E-state index in [1.165, 1.54) is 0 Å². The molecule has 0 unspecified atom stereocenters. The highest BCUT2D eigenvalue weighted by atomic mass is 19.1. The molecule has 0 aliphatic carbocycles. The SMILES string of the molecule is Nc1nc(OCc2c(F)cc(F)cc2F)ncc1F. The summed E-state index contributed by atoms with van der Waals surface area (Å²) < 4.78 is 56.8. The number of ether oxygens (including phenoxy) is 1. The molecule has 2 aromatic rings. The first kappa shape index (κ1) is 13.1. The Morgan fingerprint density at radius 2 is 1.68 bits per heavy atom. The number of nitrogen functional groups attached to an aromatic ring is 1. The van der Waals surface area contributed by atoms with E-state index in [0.29, 0.717) is 12.1 Å². The number of nitrogens with zero attached hydrogens (tertiary/aromatic N) is 2. The molecule has 1 aromatic heterocycles. The molecule has 8 heteroatoms. The third-order valence-corrected chi connectivity index (χ3v) is 2.20. The lowest BCUT2D eigenvalue weighted by molar-refractivity contribution is 0.268. The Hall–Kier alpha value is -2.38. The van der Waals surface area contributed by atoms with Crippen LogP contribution in [0.25, 0.3) is 0 Å². The lowest BCUT2D eigenvalue weighted by Gasteiger charge is -2.07. The van der Waals surface area contributed by atoms with Crippen LogP contribution in [0.5, 0.6) is 6.01 Å². The van der Waals surface area contributed by atoms with Gasteiger partial charge >= 0.3 is 6.01 Å². The van der Waals surface area contributed by atoms with E-state index < -0.39 is 41.3 Å². The van der Waals surface area contributed by atoms with Crippen LogP contribution in [-0.2, 0) is 6.61 Å². The van der Waals surface area contributed by atoms with E-state index in [1.54, 1.807) is 0 Å². The van der Waals surface area contributed by atoms with E-state index in [4.69, 9.17) is 10.5 Å². The molecule has 0 aliphatic rings. The minimum atomic E-state index is -1.10. The van der Waals surface area contributed by atoms with Crippen molar-refractivity contribution in [1.82, 2.24) is 9.97 Å². The maximum absolute atomic E-state index is 13.3. The second kappa shape index (κ2) is 5.09. The van der Waals surface area contributed by atoms with Crippen LogP contribution in [0.15, 0.2) is 18.3 Å². The predicted molar refractivity (Wildman–Crippen MR) is 57.1 cm³/mol. The smallest absolute Gasteiger partial charge is 0.318 e. The Labute approximate surface area is 104 Å². The fraction of sp³-hybridized carbons (Fsp3) is 0.0909. The van der Waals surface area contributed by atoms with Crippen LogP contribution >= 0.6 is 0 Å². The van der Waals surface area contributed by atoms with Gasteiger partial charge in [-0.1, -0.05) is 0 Å². The monoisotopic (exact) mass is 273 g/mol. The molecule has 100 valence electrons. The predicted octanol–water partition coefficient (Wildman–Crippen LogP) is 2.19. The third kappa shape index (κ3) is 2.90. The fourth-order valence-electron chi connectivity index (χ4n) is 1.28. The van der Waals surface area contributed by atoms with Crippen molar-refractivity contribution >= 4 is 5.82 Å². The van der Waals surface area contributed by atoms with E-state index in [-0.39, 0.29) is 6.01 Å². The van der Waals surface area contributed by atoms with Crippen molar-refractivity contribution < 1.29 is 22.3 Å². The van der Waals surface area contributed by atoms with Gasteiger partial charge in [0.15, 0.2) is 11.6 Å². The van der Waals surface area contributed by atoms with E-state index >= 15 is 0 Å². The average molecular weight is 273 g/mol. The molecule has 0 radical (unpaired) electrons. The molecular weight excluding hydrogens is 266 g/mol. The van der Waals surface area contributed by atoms with Crippen LogP contribution in [0.4, 0.5) is 23.4 Å². The van der Waals surface area contributed by atoms with Gasteiger partial charge in [0.05, 0.1) is 11.8 Å². The highest BCUT2D eigenvalue weighted by Gasteiger charge is 2.13. The Morgan fingerprint density at radius 1 is 1.05 bits per heavy atom. The molecule has 0 spiro atoms. The van der Waals surface area contributed by atoms with Gasteiger partial charge in [-0.2, -0.15) is 4.98 Å². The van der Waals surface area contributed by atoms with Crippen LogP contribution in [0.3, 0.4) is 0 Å². The van der Waals surface area contributed by atoms with Crippen LogP contribution in [-0.4, -0.2) is 9.97 Å². The van der Waals surface area contributed by atoms with Gasteiger partial charge in [0, 0.05) is 12.1 Å². The zero-order valence-corrected chi connectivity index (χ0v) is 9.33. The number of aromatic nitrogens is 2. The van der Waals surface area contributed by atoms with Crippen LogP contribution in [0.2, 0.25) is 0 Å².